The maximum absolute atomic E-state index is 12.5. The monoisotopic (exact) mass is 374 g/mol. The Hall–Kier alpha value is -0.430. The van der Waals surface area contributed by atoms with Gasteiger partial charge in [0, 0.05) is 17.1 Å². The fourth-order valence-electron chi connectivity index (χ4n) is 2.83. The molecule has 6 heteroatoms. The van der Waals surface area contributed by atoms with Gasteiger partial charge in [-0.1, -0.05) is 19.9 Å². The van der Waals surface area contributed by atoms with Crippen LogP contribution in [0.4, 0.5) is 0 Å². The molecular weight excluding hydrogens is 352 g/mol. The normalized spacial score (nSPS) is 26.8. The van der Waals surface area contributed by atoms with Gasteiger partial charge >= 0.3 is 0 Å². The quantitative estimate of drug-likeness (QED) is 0.850. The Kier molecular flexibility index (Phi) is 5.46. The predicted molar refractivity (Wildman–Crippen MR) is 88.3 cm³/mol. The molecule has 0 radical (unpaired) electrons. The smallest absolute Gasteiger partial charge is 0.241 e. The second kappa shape index (κ2) is 6.77. The second-order valence-electron chi connectivity index (χ2n) is 6.05. The number of nitrogens with one attached hydrogen (secondary N) is 1. The maximum Gasteiger partial charge on any atom is 0.241 e. The summed E-state index contributed by atoms with van der Waals surface area (Å²) in [5.41, 5.74) is 6.47. The second-order valence-corrected chi connectivity index (χ2v) is 8.59. The Morgan fingerprint density at radius 2 is 2.00 bits per heavy atom. The highest BCUT2D eigenvalue weighted by molar-refractivity contribution is 9.10. The highest BCUT2D eigenvalue weighted by atomic mass is 79.9. The van der Waals surface area contributed by atoms with Crippen molar-refractivity contribution in [3.05, 3.63) is 28.2 Å². The van der Waals surface area contributed by atoms with E-state index in [1.54, 1.807) is 18.2 Å². The zero-order valence-electron chi connectivity index (χ0n) is 12.5. The number of halogens is 1. The molecule has 0 amide bonds. The van der Waals surface area contributed by atoms with Crippen LogP contribution >= 0.6 is 15.9 Å². The summed E-state index contributed by atoms with van der Waals surface area (Å²) in [6.45, 7) is 4.82. The van der Waals surface area contributed by atoms with Crippen molar-refractivity contribution in [1.29, 1.82) is 0 Å². The van der Waals surface area contributed by atoms with Crippen molar-refractivity contribution >= 4 is 26.0 Å². The minimum atomic E-state index is -3.49. The summed E-state index contributed by atoms with van der Waals surface area (Å²) in [5, 5.41) is 0. The number of benzene rings is 1. The molecule has 1 aliphatic carbocycles. The van der Waals surface area contributed by atoms with Gasteiger partial charge in [0.25, 0.3) is 0 Å². The van der Waals surface area contributed by atoms with E-state index in [2.05, 4.69) is 34.5 Å². The first kappa shape index (κ1) is 16.9. The first-order valence-corrected chi connectivity index (χ1v) is 9.62. The van der Waals surface area contributed by atoms with E-state index >= 15 is 0 Å². The lowest BCUT2D eigenvalue weighted by Crippen LogP contribution is -2.39. The van der Waals surface area contributed by atoms with Crippen LogP contribution < -0.4 is 10.5 Å². The zero-order chi connectivity index (χ0) is 15.6. The first-order chi connectivity index (χ1) is 9.83. The van der Waals surface area contributed by atoms with Crippen molar-refractivity contribution in [1.82, 2.24) is 4.72 Å². The molecule has 1 aliphatic rings. The van der Waals surface area contributed by atoms with Crippen molar-refractivity contribution < 1.29 is 8.42 Å². The number of sulfonamides is 1. The molecule has 3 atom stereocenters. The van der Waals surface area contributed by atoms with Crippen LogP contribution in [0.3, 0.4) is 0 Å². The standard InChI is InChI=1S/C15H23BrN2O2S/c1-10-3-5-13(7-11(10)2)18-21(19,20)15-6-4-12(9-17)8-14(15)16/h4,6,8,10-11,13,18H,3,5,7,9,17H2,1-2H3. The summed E-state index contributed by atoms with van der Waals surface area (Å²) < 4.78 is 28.5. The Balaban J connectivity index is 2.15. The van der Waals surface area contributed by atoms with Crippen molar-refractivity contribution in [2.45, 2.75) is 50.6 Å². The molecule has 0 bridgehead atoms. The van der Waals surface area contributed by atoms with Crippen LogP contribution in [0.5, 0.6) is 0 Å². The topological polar surface area (TPSA) is 72.2 Å². The molecule has 1 saturated carbocycles. The van der Waals surface area contributed by atoms with E-state index in [0.29, 0.717) is 22.9 Å². The van der Waals surface area contributed by atoms with Gasteiger partial charge in [-0.05, 0) is 64.7 Å². The van der Waals surface area contributed by atoms with Crippen LogP contribution in [0.2, 0.25) is 0 Å². The molecule has 1 fully saturated rings. The van der Waals surface area contributed by atoms with Gasteiger partial charge in [0.1, 0.15) is 0 Å². The molecule has 0 spiro atoms. The van der Waals surface area contributed by atoms with Gasteiger partial charge in [0.2, 0.25) is 10.0 Å². The Morgan fingerprint density at radius 1 is 1.29 bits per heavy atom. The van der Waals surface area contributed by atoms with E-state index in [1.165, 1.54) is 0 Å². The van der Waals surface area contributed by atoms with Gasteiger partial charge in [0.05, 0.1) is 4.90 Å². The van der Waals surface area contributed by atoms with E-state index in [9.17, 15) is 8.42 Å². The average molecular weight is 375 g/mol. The summed E-state index contributed by atoms with van der Waals surface area (Å²) in [4.78, 5) is 0.283. The van der Waals surface area contributed by atoms with Crippen molar-refractivity contribution in [2.24, 2.45) is 17.6 Å². The van der Waals surface area contributed by atoms with Crippen molar-refractivity contribution in [3.63, 3.8) is 0 Å². The SMILES string of the molecule is CC1CCC(NS(=O)(=O)c2ccc(CN)cc2Br)CC1C. The lowest BCUT2D eigenvalue weighted by atomic mass is 9.79. The average Bonchev–Trinajstić information content (AvgIpc) is 2.42. The molecule has 1 aromatic carbocycles. The minimum absolute atomic E-state index is 0.0299. The molecule has 21 heavy (non-hydrogen) atoms. The van der Waals surface area contributed by atoms with Gasteiger partial charge in [-0.25, -0.2) is 13.1 Å². The van der Waals surface area contributed by atoms with E-state index in [0.717, 1.165) is 24.8 Å². The predicted octanol–water partition coefficient (Wildman–Crippen LogP) is 3.01. The number of hydrogen-bond acceptors (Lipinski definition) is 3. The summed E-state index contributed by atoms with van der Waals surface area (Å²) in [5.74, 6) is 1.22. The highest BCUT2D eigenvalue weighted by Gasteiger charge is 2.29. The van der Waals surface area contributed by atoms with Crippen molar-refractivity contribution in [3.8, 4) is 0 Å². The van der Waals surface area contributed by atoms with E-state index in [1.807, 2.05) is 0 Å². The molecule has 0 aromatic heterocycles. The molecule has 1 aromatic rings. The summed E-state index contributed by atoms with van der Waals surface area (Å²) in [6.07, 6.45) is 2.88. The Bertz CT molecular complexity index is 604. The maximum atomic E-state index is 12.5. The van der Waals surface area contributed by atoms with E-state index in [-0.39, 0.29) is 10.9 Å². The van der Waals surface area contributed by atoms with Crippen LogP contribution in [-0.4, -0.2) is 14.5 Å². The lowest BCUT2D eigenvalue weighted by Gasteiger charge is -2.32. The Labute approximate surface area is 135 Å². The lowest BCUT2D eigenvalue weighted by molar-refractivity contribution is 0.242. The third-order valence-electron chi connectivity index (χ3n) is 4.44. The van der Waals surface area contributed by atoms with E-state index < -0.39 is 10.0 Å². The molecule has 3 unspecified atom stereocenters. The fourth-order valence-corrected chi connectivity index (χ4v) is 5.23. The first-order valence-electron chi connectivity index (χ1n) is 7.34. The Morgan fingerprint density at radius 3 is 2.57 bits per heavy atom. The van der Waals surface area contributed by atoms with Crippen LogP contribution in [0, 0.1) is 11.8 Å². The number of nitrogens with two attached hydrogens (primary N) is 1. The van der Waals surface area contributed by atoms with Gasteiger partial charge in [0.15, 0.2) is 0 Å². The molecule has 0 aliphatic heterocycles. The van der Waals surface area contributed by atoms with Crippen LogP contribution in [-0.2, 0) is 16.6 Å². The molecule has 4 nitrogen and oxygen atoms in total. The molecule has 0 heterocycles. The minimum Gasteiger partial charge on any atom is -0.326 e. The zero-order valence-corrected chi connectivity index (χ0v) is 14.9. The van der Waals surface area contributed by atoms with Crippen molar-refractivity contribution in [2.75, 3.05) is 0 Å². The number of hydrogen-bond donors (Lipinski definition) is 2. The summed E-state index contributed by atoms with van der Waals surface area (Å²) in [7, 11) is -3.49. The van der Waals surface area contributed by atoms with Gasteiger partial charge in [-0.2, -0.15) is 0 Å². The molecule has 3 N–H and O–H groups in total. The van der Waals surface area contributed by atoms with E-state index in [4.69, 9.17) is 5.73 Å². The van der Waals surface area contributed by atoms with Gasteiger partial charge < -0.3 is 5.73 Å². The van der Waals surface area contributed by atoms with Crippen LogP contribution in [0.15, 0.2) is 27.6 Å². The van der Waals surface area contributed by atoms with Crippen LogP contribution in [0.25, 0.3) is 0 Å². The largest absolute Gasteiger partial charge is 0.326 e. The molecule has 118 valence electrons. The fraction of sp³-hybridized carbons (Fsp3) is 0.600. The highest BCUT2D eigenvalue weighted by Crippen LogP contribution is 2.31. The molecule has 2 rings (SSSR count). The molecular formula is C15H23BrN2O2S. The summed E-state index contributed by atoms with van der Waals surface area (Å²) >= 11 is 3.34. The van der Waals surface area contributed by atoms with Gasteiger partial charge in [-0.3, -0.25) is 0 Å². The third-order valence-corrected chi connectivity index (χ3v) is 6.94. The number of rotatable bonds is 4. The van der Waals surface area contributed by atoms with Gasteiger partial charge in [-0.15, -0.1) is 0 Å². The summed E-state index contributed by atoms with van der Waals surface area (Å²) in [6, 6.07) is 5.16. The van der Waals surface area contributed by atoms with Crippen LogP contribution in [0.1, 0.15) is 38.7 Å². The molecule has 0 saturated heterocycles. The third kappa shape index (κ3) is 4.06.